The Kier molecular flexibility index (Phi) is 3.81. The highest BCUT2D eigenvalue weighted by molar-refractivity contribution is 7.90. The minimum Gasteiger partial charge on any atom is -0.480 e. The summed E-state index contributed by atoms with van der Waals surface area (Å²) in [5.74, 6) is -0.953. The third-order valence-corrected chi connectivity index (χ3v) is 3.71. The van der Waals surface area contributed by atoms with E-state index in [1.165, 1.54) is 12.1 Å². The summed E-state index contributed by atoms with van der Waals surface area (Å²) >= 11 is 0. The average Bonchev–Trinajstić information content (AvgIpc) is 2.58. The molecule has 0 amide bonds. The molecule has 94 valence electrons. The van der Waals surface area contributed by atoms with Crippen LogP contribution in [0.1, 0.15) is 17.2 Å². The molecule has 0 spiro atoms. The Morgan fingerprint density at radius 3 is 2.65 bits per heavy atom. The summed E-state index contributed by atoms with van der Waals surface area (Å²) in [6, 6.07) is 3.80. The molecule has 0 bridgehead atoms. The van der Waals surface area contributed by atoms with Crippen molar-refractivity contribution in [3.63, 3.8) is 0 Å². The lowest BCUT2D eigenvalue weighted by atomic mass is 10.1. The fourth-order valence-electron chi connectivity index (χ4n) is 1.79. The molecule has 1 atom stereocenters. The van der Waals surface area contributed by atoms with Gasteiger partial charge < -0.3 is 5.11 Å². The van der Waals surface area contributed by atoms with Gasteiger partial charge in [0.15, 0.2) is 9.84 Å². The van der Waals surface area contributed by atoms with Crippen molar-refractivity contribution in [3.8, 4) is 0 Å². The Morgan fingerprint density at radius 2 is 2.12 bits per heavy atom. The largest absolute Gasteiger partial charge is 0.480 e. The van der Waals surface area contributed by atoms with Gasteiger partial charge in [0.1, 0.15) is 6.04 Å². The first kappa shape index (κ1) is 14.0. The number of halogens is 1. The van der Waals surface area contributed by atoms with E-state index in [2.05, 4.69) is 5.32 Å². The monoisotopic (exact) mass is 277 g/mol. The molecule has 1 aliphatic rings. The fraction of sp³-hybridized carbons (Fsp3) is 0.300. The highest BCUT2D eigenvalue weighted by Crippen LogP contribution is 2.27. The van der Waals surface area contributed by atoms with Crippen LogP contribution in [0.4, 0.5) is 0 Å². The van der Waals surface area contributed by atoms with E-state index in [0.717, 1.165) is 11.8 Å². The Labute approximate surface area is 105 Å². The van der Waals surface area contributed by atoms with Gasteiger partial charge in [-0.1, -0.05) is 6.07 Å². The second-order valence-corrected chi connectivity index (χ2v) is 5.80. The van der Waals surface area contributed by atoms with Gasteiger partial charge in [-0.3, -0.25) is 10.1 Å². The maximum absolute atomic E-state index is 11.3. The molecule has 7 heteroatoms. The molecule has 1 aromatic rings. The molecule has 2 N–H and O–H groups in total. The lowest BCUT2D eigenvalue weighted by molar-refractivity contribution is -0.139. The molecular weight excluding hydrogens is 266 g/mol. The molecule has 0 aliphatic carbocycles. The molecule has 5 nitrogen and oxygen atoms in total. The highest BCUT2D eigenvalue weighted by atomic mass is 35.5. The van der Waals surface area contributed by atoms with Gasteiger partial charge in [-0.2, -0.15) is 0 Å². The van der Waals surface area contributed by atoms with Crippen LogP contribution < -0.4 is 5.32 Å². The van der Waals surface area contributed by atoms with Crippen molar-refractivity contribution in [2.24, 2.45) is 0 Å². The van der Waals surface area contributed by atoms with Crippen LogP contribution in [0.2, 0.25) is 0 Å². The first-order valence-electron chi connectivity index (χ1n) is 4.68. The third kappa shape index (κ3) is 2.59. The van der Waals surface area contributed by atoms with Gasteiger partial charge >= 0.3 is 5.97 Å². The van der Waals surface area contributed by atoms with E-state index in [0.29, 0.717) is 12.1 Å². The minimum absolute atomic E-state index is 0. The van der Waals surface area contributed by atoms with E-state index >= 15 is 0 Å². The number of benzene rings is 1. The first-order valence-corrected chi connectivity index (χ1v) is 6.58. The lowest BCUT2D eigenvalue weighted by Gasteiger charge is -2.06. The van der Waals surface area contributed by atoms with E-state index in [1.807, 2.05) is 0 Å². The normalized spacial score (nSPS) is 18.3. The second kappa shape index (κ2) is 4.64. The summed E-state index contributed by atoms with van der Waals surface area (Å²) < 4.78 is 22.6. The van der Waals surface area contributed by atoms with Crippen LogP contribution in [-0.2, 0) is 21.2 Å². The van der Waals surface area contributed by atoms with Crippen LogP contribution in [0.5, 0.6) is 0 Å². The summed E-state index contributed by atoms with van der Waals surface area (Å²) in [5, 5.41) is 11.7. The Morgan fingerprint density at radius 1 is 1.47 bits per heavy atom. The smallest absolute Gasteiger partial charge is 0.325 e. The minimum atomic E-state index is -3.24. The summed E-state index contributed by atoms with van der Waals surface area (Å²) in [7, 11) is -3.24. The van der Waals surface area contributed by atoms with Gasteiger partial charge in [-0.05, 0) is 23.3 Å². The predicted octanol–water partition coefficient (Wildman–Crippen LogP) is 0.741. The molecule has 0 aromatic heterocycles. The van der Waals surface area contributed by atoms with E-state index in [9.17, 15) is 13.2 Å². The third-order valence-electron chi connectivity index (χ3n) is 2.60. The van der Waals surface area contributed by atoms with Crippen LogP contribution in [0.3, 0.4) is 0 Å². The van der Waals surface area contributed by atoms with Crippen molar-refractivity contribution in [2.45, 2.75) is 17.5 Å². The van der Waals surface area contributed by atoms with Crippen LogP contribution in [0.25, 0.3) is 0 Å². The van der Waals surface area contributed by atoms with Gasteiger partial charge in [-0.25, -0.2) is 8.42 Å². The van der Waals surface area contributed by atoms with E-state index in [-0.39, 0.29) is 17.3 Å². The zero-order valence-corrected chi connectivity index (χ0v) is 10.6. The summed E-state index contributed by atoms with van der Waals surface area (Å²) in [6.45, 7) is 0.385. The van der Waals surface area contributed by atoms with Crippen LogP contribution >= 0.6 is 12.4 Å². The SMILES string of the molecule is CS(=O)(=O)c1ccc2c(c1)CNC2C(=O)O.Cl. The van der Waals surface area contributed by atoms with Crippen molar-refractivity contribution in [1.82, 2.24) is 5.32 Å². The second-order valence-electron chi connectivity index (χ2n) is 3.78. The Hall–Kier alpha value is -1.11. The number of carboxylic acid groups (broad SMARTS) is 1. The van der Waals surface area contributed by atoms with Crippen molar-refractivity contribution in [1.29, 1.82) is 0 Å². The summed E-state index contributed by atoms with van der Waals surface area (Å²) in [4.78, 5) is 11.1. The van der Waals surface area contributed by atoms with Gasteiger partial charge in [0, 0.05) is 12.8 Å². The van der Waals surface area contributed by atoms with Crippen molar-refractivity contribution < 1.29 is 18.3 Å². The van der Waals surface area contributed by atoms with Gasteiger partial charge in [0.05, 0.1) is 4.90 Å². The van der Waals surface area contributed by atoms with E-state index < -0.39 is 21.8 Å². The molecule has 17 heavy (non-hydrogen) atoms. The number of hydrogen-bond acceptors (Lipinski definition) is 4. The molecule has 1 aromatic carbocycles. The number of fused-ring (bicyclic) bond motifs is 1. The first-order chi connectivity index (χ1) is 7.39. The maximum Gasteiger partial charge on any atom is 0.325 e. The van der Waals surface area contributed by atoms with Crippen LogP contribution in [0.15, 0.2) is 23.1 Å². The molecular formula is C10H12ClNO4S. The fourth-order valence-corrected chi connectivity index (χ4v) is 2.46. The average molecular weight is 278 g/mol. The number of rotatable bonds is 2. The topological polar surface area (TPSA) is 83.5 Å². The van der Waals surface area contributed by atoms with Gasteiger partial charge in [0.2, 0.25) is 0 Å². The molecule has 0 saturated carbocycles. The van der Waals surface area contributed by atoms with Gasteiger partial charge in [-0.15, -0.1) is 12.4 Å². The number of nitrogens with one attached hydrogen (secondary N) is 1. The standard InChI is InChI=1S/C10H11NO4S.ClH/c1-16(14,15)7-2-3-8-6(4-7)5-11-9(8)10(12)13;/h2-4,9,11H,5H2,1H3,(H,12,13);1H. The van der Waals surface area contributed by atoms with Crippen molar-refractivity contribution in [2.75, 3.05) is 6.26 Å². The van der Waals surface area contributed by atoms with Gasteiger partial charge in [0.25, 0.3) is 0 Å². The number of aliphatic carboxylic acids is 1. The van der Waals surface area contributed by atoms with Crippen LogP contribution in [0, 0.1) is 0 Å². The molecule has 0 saturated heterocycles. The van der Waals surface area contributed by atoms with Crippen molar-refractivity contribution >= 4 is 28.2 Å². The van der Waals surface area contributed by atoms with E-state index in [1.54, 1.807) is 6.07 Å². The summed E-state index contributed by atoms with van der Waals surface area (Å²) in [5.41, 5.74) is 1.37. The Balaban J connectivity index is 0.00000144. The molecule has 0 fully saturated rings. The molecule has 1 unspecified atom stereocenters. The summed E-state index contributed by atoms with van der Waals surface area (Å²) in [6.07, 6.45) is 1.13. The molecule has 1 heterocycles. The maximum atomic E-state index is 11.3. The molecule has 1 aliphatic heterocycles. The number of carboxylic acids is 1. The zero-order chi connectivity index (χ0) is 11.9. The van der Waals surface area contributed by atoms with Crippen LogP contribution in [-0.4, -0.2) is 25.7 Å². The zero-order valence-electron chi connectivity index (χ0n) is 9.00. The molecule has 2 rings (SSSR count). The number of sulfone groups is 1. The molecule has 0 radical (unpaired) electrons. The predicted molar refractivity (Wildman–Crippen MR) is 64.0 cm³/mol. The lowest BCUT2D eigenvalue weighted by Crippen LogP contribution is -2.21. The van der Waals surface area contributed by atoms with E-state index in [4.69, 9.17) is 5.11 Å². The number of hydrogen-bond donors (Lipinski definition) is 2. The number of carbonyl (C=O) groups is 1. The quantitative estimate of drug-likeness (QED) is 0.833. The van der Waals surface area contributed by atoms with Crippen molar-refractivity contribution in [3.05, 3.63) is 29.3 Å². The Bertz CT molecular complexity index is 555. The highest BCUT2D eigenvalue weighted by Gasteiger charge is 2.28.